The maximum atomic E-state index is 13.8. The summed E-state index contributed by atoms with van der Waals surface area (Å²) < 4.78 is 15.3. The lowest BCUT2D eigenvalue weighted by molar-refractivity contribution is 0.140. The van der Waals surface area contributed by atoms with Crippen molar-refractivity contribution >= 4 is 0 Å². The van der Waals surface area contributed by atoms with Gasteiger partial charge in [-0.15, -0.1) is 10.2 Å². The van der Waals surface area contributed by atoms with E-state index in [9.17, 15) is 4.39 Å². The molecule has 1 aromatic rings. The third-order valence-corrected chi connectivity index (χ3v) is 2.00. The van der Waals surface area contributed by atoms with Gasteiger partial charge in [0.05, 0.1) is 0 Å². The lowest BCUT2D eigenvalue weighted by Crippen LogP contribution is -2.39. The summed E-state index contributed by atoms with van der Waals surface area (Å²) in [5, 5.41) is 7.25. The molecule has 2 N–H and O–H groups in total. The van der Waals surface area contributed by atoms with Crippen molar-refractivity contribution in [1.82, 2.24) is 14.8 Å². The first-order chi connectivity index (χ1) is 5.46. The Bertz CT molecular complexity index is 266. The molecule has 1 heterocycles. The summed E-state index contributed by atoms with van der Waals surface area (Å²) >= 11 is 0. The molecule has 4 nitrogen and oxygen atoms in total. The standard InChI is InChI=1S/C7H13FN4/c1-5(9)7(2,8)6-11-10-4-12(6)3/h4-5H,9H2,1-3H3. The van der Waals surface area contributed by atoms with Gasteiger partial charge in [0.25, 0.3) is 0 Å². The molecule has 0 spiro atoms. The molecule has 0 saturated carbocycles. The molecule has 0 aromatic carbocycles. The van der Waals surface area contributed by atoms with Crippen LogP contribution in [0, 0.1) is 0 Å². The van der Waals surface area contributed by atoms with Crippen molar-refractivity contribution in [2.75, 3.05) is 0 Å². The van der Waals surface area contributed by atoms with E-state index in [0.717, 1.165) is 0 Å². The quantitative estimate of drug-likeness (QED) is 0.700. The molecule has 12 heavy (non-hydrogen) atoms. The highest BCUT2D eigenvalue weighted by Crippen LogP contribution is 2.25. The number of aryl methyl sites for hydroxylation is 1. The van der Waals surface area contributed by atoms with Crippen molar-refractivity contribution in [3.8, 4) is 0 Å². The Labute approximate surface area is 70.6 Å². The third kappa shape index (κ3) is 1.32. The van der Waals surface area contributed by atoms with Crippen LogP contribution in [-0.2, 0) is 12.7 Å². The van der Waals surface area contributed by atoms with Crippen molar-refractivity contribution in [2.45, 2.75) is 25.6 Å². The zero-order valence-corrected chi connectivity index (χ0v) is 7.45. The van der Waals surface area contributed by atoms with Crippen LogP contribution in [0.2, 0.25) is 0 Å². The molecule has 68 valence electrons. The average molecular weight is 172 g/mol. The van der Waals surface area contributed by atoms with Gasteiger partial charge in [-0.1, -0.05) is 0 Å². The van der Waals surface area contributed by atoms with E-state index in [4.69, 9.17) is 5.73 Å². The third-order valence-electron chi connectivity index (χ3n) is 2.00. The minimum absolute atomic E-state index is 0.262. The van der Waals surface area contributed by atoms with Crippen LogP contribution in [0.5, 0.6) is 0 Å². The van der Waals surface area contributed by atoms with Gasteiger partial charge in [-0.05, 0) is 13.8 Å². The first-order valence-electron chi connectivity index (χ1n) is 3.75. The minimum atomic E-state index is -1.62. The minimum Gasteiger partial charge on any atom is -0.325 e. The van der Waals surface area contributed by atoms with Crippen LogP contribution >= 0.6 is 0 Å². The Hall–Kier alpha value is -0.970. The van der Waals surface area contributed by atoms with Crippen molar-refractivity contribution in [1.29, 1.82) is 0 Å². The Morgan fingerprint density at radius 1 is 1.75 bits per heavy atom. The van der Waals surface area contributed by atoms with Crippen LogP contribution in [0.1, 0.15) is 19.7 Å². The number of hydrogen-bond donors (Lipinski definition) is 1. The second-order valence-electron chi connectivity index (χ2n) is 3.13. The number of rotatable bonds is 2. The average Bonchev–Trinajstić information content (AvgIpc) is 2.35. The summed E-state index contributed by atoms with van der Waals surface area (Å²) in [7, 11) is 1.69. The lowest BCUT2D eigenvalue weighted by atomic mass is 10.0. The van der Waals surface area contributed by atoms with Gasteiger partial charge in [-0.25, -0.2) is 4.39 Å². The first kappa shape index (κ1) is 9.12. The van der Waals surface area contributed by atoms with E-state index < -0.39 is 11.7 Å². The van der Waals surface area contributed by atoms with Gasteiger partial charge in [-0.2, -0.15) is 0 Å². The zero-order chi connectivity index (χ0) is 9.35. The predicted molar refractivity (Wildman–Crippen MR) is 43.1 cm³/mol. The van der Waals surface area contributed by atoms with E-state index in [2.05, 4.69) is 10.2 Å². The van der Waals surface area contributed by atoms with Crippen LogP contribution in [0.4, 0.5) is 4.39 Å². The maximum absolute atomic E-state index is 13.8. The summed E-state index contributed by atoms with van der Waals surface area (Å²) in [5.41, 5.74) is 3.85. The second-order valence-corrected chi connectivity index (χ2v) is 3.13. The molecule has 0 fully saturated rings. The van der Waals surface area contributed by atoms with Gasteiger partial charge in [0, 0.05) is 13.1 Å². The number of aromatic nitrogens is 3. The molecule has 1 rings (SSSR count). The number of alkyl halides is 1. The van der Waals surface area contributed by atoms with Gasteiger partial charge in [0.2, 0.25) is 0 Å². The molecule has 0 bridgehead atoms. The Morgan fingerprint density at radius 2 is 2.33 bits per heavy atom. The monoisotopic (exact) mass is 172 g/mol. The lowest BCUT2D eigenvalue weighted by Gasteiger charge is -2.22. The van der Waals surface area contributed by atoms with Gasteiger partial charge in [-0.3, -0.25) is 0 Å². The molecule has 2 atom stereocenters. The highest BCUT2D eigenvalue weighted by atomic mass is 19.1. The van der Waals surface area contributed by atoms with Crippen LogP contribution in [0.3, 0.4) is 0 Å². The number of nitrogens with two attached hydrogens (primary N) is 1. The highest BCUT2D eigenvalue weighted by Gasteiger charge is 2.35. The zero-order valence-electron chi connectivity index (χ0n) is 7.45. The van der Waals surface area contributed by atoms with Crippen molar-refractivity contribution in [3.63, 3.8) is 0 Å². The fourth-order valence-corrected chi connectivity index (χ4v) is 0.929. The Morgan fingerprint density at radius 3 is 2.67 bits per heavy atom. The number of halogens is 1. The molecule has 0 radical (unpaired) electrons. The van der Waals surface area contributed by atoms with Crippen molar-refractivity contribution in [3.05, 3.63) is 12.2 Å². The molecule has 0 aliphatic carbocycles. The van der Waals surface area contributed by atoms with E-state index in [1.165, 1.54) is 17.8 Å². The summed E-state index contributed by atoms with van der Waals surface area (Å²) in [6.45, 7) is 3.01. The molecule has 2 unspecified atom stereocenters. The fraction of sp³-hybridized carbons (Fsp3) is 0.714. The van der Waals surface area contributed by atoms with E-state index in [1.54, 1.807) is 14.0 Å². The fourth-order valence-electron chi connectivity index (χ4n) is 0.929. The topological polar surface area (TPSA) is 56.7 Å². The summed E-state index contributed by atoms with van der Waals surface area (Å²) in [6, 6.07) is -0.597. The maximum Gasteiger partial charge on any atom is 0.182 e. The van der Waals surface area contributed by atoms with Gasteiger partial charge < -0.3 is 10.3 Å². The normalized spacial score (nSPS) is 18.8. The SMILES string of the molecule is CC(N)C(C)(F)c1nncn1C. The smallest absolute Gasteiger partial charge is 0.182 e. The van der Waals surface area contributed by atoms with Crippen molar-refractivity contribution in [2.24, 2.45) is 12.8 Å². The van der Waals surface area contributed by atoms with E-state index in [1.807, 2.05) is 0 Å². The number of hydrogen-bond acceptors (Lipinski definition) is 3. The molecule has 0 aliphatic rings. The summed E-state index contributed by atoms with van der Waals surface area (Å²) in [6.07, 6.45) is 1.45. The summed E-state index contributed by atoms with van der Waals surface area (Å²) in [5.74, 6) is 0.262. The van der Waals surface area contributed by atoms with Crippen molar-refractivity contribution < 1.29 is 4.39 Å². The first-order valence-corrected chi connectivity index (χ1v) is 3.75. The molecule has 0 saturated heterocycles. The highest BCUT2D eigenvalue weighted by molar-refractivity contribution is 5.03. The molecule has 0 aliphatic heterocycles. The van der Waals surface area contributed by atoms with Crippen LogP contribution in [-0.4, -0.2) is 20.8 Å². The van der Waals surface area contributed by atoms with E-state index >= 15 is 0 Å². The molecular formula is C7H13FN4. The second kappa shape index (κ2) is 2.82. The molecule has 5 heteroatoms. The Kier molecular flexibility index (Phi) is 2.14. The Balaban J connectivity index is 3.05. The van der Waals surface area contributed by atoms with E-state index in [0.29, 0.717) is 0 Å². The number of nitrogens with zero attached hydrogens (tertiary/aromatic N) is 3. The van der Waals surface area contributed by atoms with Crippen LogP contribution in [0.25, 0.3) is 0 Å². The van der Waals surface area contributed by atoms with E-state index in [-0.39, 0.29) is 5.82 Å². The van der Waals surface area contributed by atoms with Gasteiger partial charge >= 0.3 is 0 Å². The largest absolute Gasteiger partial charge is 0.325 e. The van der Waals surface area contributed by atoms with Gasteiger partial charge in [0.1, 0.15) is 6.33 Å². The molecular weight excluding hydrogens is 159 g/mol. The molecule has 1 aromatic heterocycles. The van der Waals surface area contributed by atoms with Crippen LogP contribution in [0.15, 0.2) is 6.33 Å². The summed E-state index contributed by atoms with van der Waals surface area (Å²) in [4.78, 5) is 0. The predicted octanol–water partition coefficient (Wildman–Crippen LogP) is 0.347. The van der Waals surface area contributed by atoms with Crippen LogP contribution < -0.4 is 5.73 Å². The molecule has 0 amide bonds. The van der Waals surface area contributed by atoms with Gasteiger partial charge in [0.15, 0.2) is 11.5 Å².